The van der Waals surface area contributed by atoms with Crippen LogP contribution >= 0.6 is 0 Å². The summed E-state index contributed by atoms with van der Waals surface area (Å²) >= 11 is 0. The molecule has 1 aliphatic heterocycles. The lowest BCUT2D eigenvalue weighted by Gasteiger charge is -2.39. The molecule has 2 aromatic rings. The molecule has 1 saturated heterocycles. The van der Waals surface area contributed by atoms with Crippen LogP contribution in [0.5, 0.6) is 5.88 Å². The molecule has 38 heavy (non-hydrogen) atoms. The topological polar surface area (TPSA) is 85.9 Å². The van der Waals surface area contributed by atoms with Crippen LogP contribution in [0.1, 0.15) is 61.9 Å². The molecule has 11 heteroatoms. The van der Waals surface area contributed by atoms with Crippen molar-refractivity contribution in [2.45, 2.75) is 57.3 Å². The van der Waals surface area contributed by atoms with Gasteiger partial charge in [-0.05, 0) is 52.5 Å². The first-order valence-corrected chi connectivity index (χ1v) is 12.2. The van der Waals surface area contributed by atoms with E-state index in [-0.39, 0.29) is 23.1 Å². The van der Waals surface area contributed by atoms with E-state index in [1.54, 1.807) is 6.07 Å². The Morgan fingerprint density at radius 2 is 1.92 bits per heavy atom. The number of nitrogens with one attached hydrogen (secondary N) is 1. The Bertz CT molecular complexity index is 1240. The van der Waals surface area contributed by atoms with E-state index in [4.69, 9.17) is 4.74 Å². The summed E-state index contributed by atoms with van der Waals surface area (Å²) < 4.78 is 60.1. The number of likely N-dealkylation sites (tertiary alicyclic amines) is 1. The largest absolute Gasteiger partial charge is 0.481 e. The number of amidine groups is 1. The summed E-state index contributed by atoms with van der Waals surface area (Å²) in [6.45, 7) is 10.7. The molecule has 0 radical (unpaired) electrons. The molecular weight excluding hydrogens is 500 g/mol. The summed E-state index contributed by atoms with van der Waals surface area (Å²) in [5.41, 5.74) is -1.46. The molecule has 0 spiro atoms. The summed E-state index contributed by atoms with van der Waals surface area (Å²) in [6.07, 6.45) is -3.72. The molecule has 3 rings (SSSR count). The van der Waals surface area contributed by atoms with Gasteiger partial charge in [0, 0.05) is 37.3 Å². The first-order chi connectivity index (χ1) is 17.9. The number of piperidine rings is 1. The van der Waals surface area contributed by atoms with Crippen molar-refractivity contribution in [3.05, 3.63) is 52.3 Å². The Morgan fingerprint density at radius 1 is 1.26 bits per heavy atom. The molecule has 1 atom stereocenters. The molecule has 2 heterocycles. The van der Waals surface area contributed by atoms with Crippen molar-refractivity contribution in [3.63, 3.8) is 0 Å². The summed E-state index contributed by atoms with van der Waals surface area (Å²) in [5, 5.41) is 13.3. The van der Waals surface area contributed by atoms with Crippen molar-refractivity contribution in [1.29, 1.82) is 5.26 Å². The Labute approximate surface area is 220 Å². The number of hydrogen-bond acceptors (Lipinski definition) is 6. The first kappa shape index (κ1) is 29.0. The molecule has 1 fully saturated rings. The molecule has 0 amide bonds. The molecule has 0 bridgehead atoms. The third kappa shape index (κ3) is 5.65. The Kier molecular flexibility index (Phi) is 8.77. The minimum Gasteiger partial charge on any atom is -0.481 e. The standard InChI is InChI=1S/C27H32F4N6O/c1-16(2)37-12-10-26(15-32,11-13-37)21-14-19(24(34-5)36-25(21)38-6)23(33-4)35-17(3)18-8-7-9-20(22(18)28)27(29,30)31/h7-9,14,16-17H,5,10-13H2,1-4,6H3,(H,33,35)/t17-/m1/s1. The number of alkyl halides is 3. The van der Waals surface area contributed by atoms with Crippen molar-refractivity contribution in [2.24, 2.45) is 9.98 Å². The lowest BCUT2D eigenvalue weighted by Crippen LogP contribution is -2.45. The van der Waals surface area contributed by atoms with Crippen LogP contribution in [-0.2, 0) is 11.6 Å². The van der Waals surface area contributed by atoms with Crippen LogP contribution < -0.4 is 10.1 Å². The van der Waals surface area contributed by atoms with E-state index in [0.29, 0.717) is 49.2 Å². The highest BCUT2D eigenvalue weighted by atomic mass is 19.4. The van der Waals surface area contributed by atoms with Gasteiger partial charge in [0.2, 0.25) is 5.88 Å². The Morgan fingerprint density at radius 3 is 2.42 bits per heavy atom. The van der Waals surface area contributed by atoms with Gasteiger partial charge in [0.05, 0.1) is 35.8 Å². The zero-order valence-corrected chi connectivity index (χ0v) is 22.2. The van der Waals surface area contributed by atoms with Gasteiger partial charge >= 0.3 is 6.18 Å². The van der Waals surface area contributed by atoms with Gasteiger partial charge in [-0.25, -0.2) is 9.38 Å². The number of aliphatic imine (C=N–C) groups is 2. The Balaban J connectivity index is 2.05. The fourth-order valence-corrected chi connectivity index (χ4v) is 4.79. The van der Waals surface area contributed by atoms with Gasteiger partial charge in [-0.15, -0.1) is 0 Å². The number of rotatable bonds is 7. The number of hydrogen-bond donors (Lipinski definition) is 1. The van der Waals surface area contributed by atoms with E-state index < -0.39 is 29.0 Å². The predicted molar refractivity (Wildman–Crippen MR) is 139 cm³/mol. The number of pyridine rings is 1. The van der Waals surface area contributed by atoms with Crippen LogP contribution in [0.25, 0.3) is 0 Å². The number of aromatic nitrogens is 1. The third-order valence-corrected chi connectivity index (χ3v) is 7.05. The average molecular weight is 533 g/mol. The molecule has 0 aliphatic carbocycles. The number of nitrogens with zero attached hydrogens (tertiary/aromatic N) is 5. The normalized spacial score (nSPS) is 17.1. The summed E-state index contributed by atoms with van der Waals surface area (Å²) in [5.74, 6) is -0.751. The maximum atomic E-state index is 14.8. The maximum Gasteiger partial charge on any atom is 0.419 e. The van der Waals surface area contributed by atoms with E-state index in [1.165, 1.54) is 27.1 Å². The highest BCUT2D eigenvalue weighted by molar-refractivity contribution is 6.03. The van der Waals surface area contributed by atoms with Crippen LogP contribution in [0.15, 0.2) is 34.3 Å². The number of benzene rings is 1. The number of methoxy groups -OCH3 is 1. The van der Waals surface area contributed by atoms with Gasteiger partial charge in [-0.2, -0.15) is 23.4 Å². The summed E-state index contributed by atoms with van der Waals surface area (Å²) in [7, 11) is 2.94. The molecule has 1 aliphatic rings. The molecule has 7 nitrogen and oxygen atoms in total. The molecule has 0 saturated carbocycles. The van der Waals surface area contributed by atoms with Crippen molar-refractivity contribution in [2.75, 3.05) is 27.2 Å². The third-order valence-electron chi connectivity index (χ3n) is 7.05. The van der Waals surface area contributed by atoms with Gasteiger partial charge < -0.3 is 15.0 Å². The SMILES string of the molecule is C=Nc1nc(OC)c(C2(C#N)CCN(C(C)C)CC2)cc1/C(=N\C)N[C@H](C)c1cccc(C(F)(F)F)c1F. The minimum atomic E-state index is -4.83. The van der Waals surface area contributed by atoms with Crippen LogP contribution in [-0.4, -0.2) is 55.7 Å². The van der Waals surface area contributed by atoms with Gasteiger partial charge in [-0.3, -0.25) is 4.99 Å². The fraction of sp³-hybridized carbons (Fsp3) is 0.481. The van der Waals surface area contributed by atoms with E-state index in [9.17, 15) is 22.8 Å². The lowest BCUT2D eigenvalue weighted by molar-refractivity contribution is -0.140. The van der Waals surface area contributed by atoms with Crippen molar-refractivity contribution >= 4 is 18.4 Å². The van der Waals surface area contributed by atoms with E-state index in [2.05, 4.69) is 51.8 Å². The van der Waals surface area contributed by atoms with Crippen LogP contribution in [0.4, 0.5) is 23.4 Å². The minimum absolute atomic E-state index is 0.156. The van der Waals surface area contributed by atoms with Crippen LogP contribution in [0, 0.1) is 17.1 Å². The Hall–Kier alpha value is -3.52. The van der Waals surface area contributed by atoms with E-state index in [1.807, 2.05) is 0 Å². The van der Waals surface area contributed by atoms with Gasteiger partial charge in [-0.1, -0.05) is 12.1 Å². The van der Waals surface area contributed by atoms with E-state index >= 15 is 0 Å². The average Bonchev–Trinajstić information content (AvgIpc) is 2.90. The van der Waals surface area contributed by atoms with Crippen molar-refractivity contribution < 1.29 is 22.3 Å². The van der Waals surface area contributed by atoms with Crippen LogP contribution in [0.2, 0.25) is 0 Å². The quantitative estimate of drug-likeness (QED) is 0.286. The van der Waals surface area contributed by atoms with E-state index in [0.717, 1.165) is 6.07 Å². The van der Waals surface area contributed by atoms with Crippen molar-refractivity contribution in [1.82, 2.24) is 15.2 Å². The molecule has 0 unspecified atom stereocenters. The second-order valence-corrected chi connectivity index (χ2v) is 9.54. The number of halogens is 4. The fourth-order valence-electron chi connectivity index (χ4n) is 4.79. The number of nitriles is 1. The first-order valence-electron chi connectivity index (χ1n) is 12.2. The highest BCUT2D eigenvalue weighted by Crippen LogP contribution is 2.42. The zero-order chi connectivity index (χ0) is 28.3. The van der Waals surface area contributed by atoms with Gasteiger partial charge in [0.25, 0.3) is 0 Å². The molecule has 1 aromatic heterocycles. The van der Waals surface area contributed by atoms with Gasteiger partial charge in [0.1, 0.15) is 11.7 Å². The second-order valence-electron chi connectivity index (χ2n) is 9.54. The molecule has 1 N–H and O–H groups in total. The zero-order valence-electron chi connectivity index (χ0n) is 22.2. The highest BCUT2D eigenvalue weighted by Gasteiger charge is 2.41. The van der Waals surface area contributed by atoms with Gasteiger partial charge in [0.15, 0.2) is 5.82 Å². The number of ether oxygens (including phenoxy) is 1. The lowest BCUT2D eigenvalue weighted by atomic mass is 9.73. The van der Waals surface area contributed by atoms with Crippen LogP contribution in [0.3, 0.4) is 0 Å². The smallest absolute Gasteiger partial charge is 0.419 e. The molecular formula is C27H32F4N6O. The predicted octanol–water partition coefficient (Wildman–Crippen LogP) is 5.57. The molecule has 1 aromatic carbocycles. The van der Waals surface area contributed by atoms with Crippen molar-refractivity contribution in [3.8, 4) is 11.9 Å². The molecule has 204 valence electrons. The second kappa shape index (κ2) is 11.5. The monoisotopic (exact) mass is 532 g/mol. The summed E-state index contributed by atoms with van der Waals surface area (Å²) in [6, 6.07) is 6.79. The maximum absolute atomic E-state index is 14.8. The summed E-state index contributed by atoms with van der Waals surface area (Å²) in [4.78, 5) is 15.0.